The number of fused-ring (bicyclic) bond motifs is 1. The van der Waals surface area contributed by atoms with Crippen molar-refractivity contribution < 1.29 is 23.4 Å². The Morgan fingerprint density at radius 2 is 1.92 bits per heavy atom. The molecule has 0 spiro atoms. The van der Waals surface area contributed by atoms with E-state index in [0.29, 0.717) is 11.1 Å². The lowest BCUT2D eigenvalue weighted by Crippen LogP contribution is -2.08. The van der Waals surface area contributed by atoms with Gasteiger partial charge in [-0.25, -0.2) is 4.79 Å². The van der Waals surface area contributed by atoms with Crippen LogP contribution >= 0.6 is 0 Å². The Labute approximate surface area is 143 Å². The van der Waals surface area contributed by atoms with Gasteiger partial charge in [-0.15, -0.1) is 0 Å². The Balaban J connectivity index is 1.96. The summed E-state index contributed by atoms with van der Waals surface area (Å²) in [6, 6.07) is 11.9. The van der Waals surface area contributed by atoms with Gasteiger partial charge in [-0.2, -0.15) is 0 Å². The zero-order chi connectivity index (χ0) is 17.8. The Morgan fingerprint density at radius 3 is 2.68 bits per heavy atom. The van der Waals surface area contributed by atoms with Crippen molar-refractivity contribution in [2.45, 2.75) is 13.3 Å². The molecule has 0 aliphatic carbocycles. The van der Waals surface area contributed by atoms with Crippen LogP contribution in [0.15, 0.2) is 57.9 Å². The van der Waals surface area contributed by atoms with Crippen LogP contribution in [0, 0.1) is 0 Å². The maximum atomic E-state index is 12.6. The molecule has 2 aromatic carbocycles. The molecule has 0 amide bonds. The van der Waals surface area contributed by atoms with Crippen molar-refractivity contribution in [3.8, 4) is 17.2 Å². The molecule has 0 radical (unpaired) electrons. The minimum Gasteiger partial charge on any atom is -0.460 e. The van der Waals surface area contributed by atoms with Gasteiger partial charge in [0.05, 0.1) is 12.5 Å². The lowest BCUT2D eigenvalue weighted by molar-refractivity contribution is 0.121. The van der Waals surface area contributed by atoms with Gasteiger partial charge >= 0.3 is 6.16 Å². The first-order valence-electron chi connectivity index (χ1n) is 7.69. The fourth-order valence-electron chi connectivity index (χ4n) is 2.38. The Hall–Kier alpha value is -3.28. The van der Waals surface area contributed by atoms with E-state index in [-0.39, 0.29) is 22.5 Å². The number of carbonyl (C=O) groups is 1. The molecule has 6 heteroatoms. The number of rotatable bonds is 4. The number of para-hydroxylation sites is 1. The molecule has 128 valence electrons. The molecule has 6 nitrogen and oxygen atoms in total. The minimum absolute atomic E-state index is 0.0926. The molecule has 0 saturated heterocycles. The molecular formula is C19H16O6. The fraction of sp³-hybridized carbons (Fsp3) is 0.158. The fourth-order valence-corrected chi connectivity index (χ4v) is 2.38. The van der Waals surface area contributed by atoms with E-state index in [1.807, 2.05) is 25.1 Å². The summed E-state index contributed by atoms with van der Waals surface area (Å²) in [4.78, 5) is 23.7. The number of ether oxygens (including phenoxy) is 3. The Kier molecular flexibility index (Phi) is 4.70. The van der Waals surface area contributed by atoms with E-state index in [1.54, 1.807) is 6.07 Å². The molecule has 1 aromatic heterocycles. The lowest BCUT2D eigenvalue weighted by Gasteiger charge is -2.09. The van der Waals surface area contributed by atoms with Crippen LogP contribution in [0.3, 0.4) is 0 Å². The van der Waals surface area contributed by atoms with E-state index in [4.69, 9.17) is 13.9 Å². The molecule has 0 aliphatic heterocycles. The van der Waals surface area contributed by atoms with Gasteiger partial charge in [-0.05, 0) is 30.2 Å². The predicted octanol–water partition coefficient (Wildman–Crippen LogP) is 4.29. The highest BCUT2D eigenvalue weighted by molar-refractivity contribution is 5.80. The summed E-state index contributed by atoms with van der Waals surface area (Å²) < 4.78 is 20.5. The topological polar surface area (TPSA) is 75.0 Å². The predicted molar refractivity (Wildman–Crippen MR) is 91.4 cm³/mol. The number of hydrogen-bond acceptors (Lipinski definition) is 6. The molecule has 0 aliphatic rings. The largest absolute Gasteiger partial charge is 0.513 e. The number of hydrogen-bond donors (Lipinski definition) is 0. The third kappa shape index (κ3) is 3.47. The van der Waals surface area contributed by atoms with Crippen LogP contribution in [0.25, 0.3) is 11.0 Å². The first-order chi connectivity index (χ1) is 12.1. The second-order valence-corrected chi connectivity index (χ2v) is 5.21. The van der Waals surface area contributed by atoms with E-state index < -0.39 is 6.16 Å². The van der Waals surface area contributed by atoms with E-state index in [1.165, 1.54) is 31.6 Å². The van der Waals surface area contributed by atoms with Crippen molar-refractivity contribution in [3.05, 3.63) is 64.5 Å². The average molecular weight is 340 g/mol. The van der Waals surface area contributed by atoms with Crippen LogP contribution in [0.1, 0.15) is 12.5 Å². The number of methoxy groups -OCH3 is 1. The van der Waals surface area contributed by atoms with Crippen LogP contribution in [-0.2, 0) is 11.2 Å². The van der Waals surface area contributed by atoms with Crippen molar-refractivity contribution in [1.82, 2.24) is 0 Å². The zero-order valence-corrected chi connectivity index (χ0v) is 13.8. The number of benzene rings is 2. The monoisotopic (exact) mass is 340 g/mol. The van der Waals surface area contributed by atoms with Gasteiger partial charge < -0.3 is 18.6 Å². The quantitative estimate of drug-likeness (QED) is 0.521. The third-order valence-electron chi connectivity index (χ3n) is 3.66. The molecule has 3 aromatic rings. The highest BCUT2D eigenvalue weighted by Gasteiger charge is 2.12. The summed E-state index contributed by atoms with van der Waals surface area (Å²) in [6.07, 6.45) is 1.18. The molecule has 0 N–H and O–H groups in total. The van der Waals surface area contributed by atoms with Gasteiger partial charge in [-0.1, -0.05) is 25.1 Å². The van der Waals surface area contributed by atoms with Crippen LogP contribution in [0.4, 0.5) is 4.79 Å². The molecule has 0 unspecified atom stereocenters. The summed E-state index contributed by atoms with van der Waals surface area (Å²) >= 11 is 0. The van der Waals surface area contributed by atoms with Crippen LogP contribution in [0.2, 0.25) is 0 Å². The van der Waals surface area contributed by atoms with Gasteiger partial charge in [0.25, 0.3) is 0 Å². The molecule has 0 saturated carbocycles. The molecular weight excluding hydrogens is 324 g/mol. The van der Waals surface area contributed by atoms with Gasteiger partial charge in [0.15, 0.2) is 0 Å². The first kappa shape index (κ1) is 16.6. The van der Waals surface area contributed by atoms with Crippen molar-refractivity contribution >= 4 is 17.1 Å². The SMILES string of the molecule is CCc1ccccc1Oc1coc2cc(OC(=O)OC)ccc2c1=O. The average Bonchev–Trinajstić information content (AvgIpc) is 2.64. The minimum atomic E-state index is -0.849. The maximum absolute atomic E-state index is 12.6. The van der Waals surface area contributed by atoms with Crippen molar-refractivity contribution in [3.63, 3.8) is 0 Å². The maximum Gasteiger partial charge on any atom is 0.513 e. The van der Waals surface area contributed by atoms with E-state index in [2.05, 4.69) is 4.74 Å². The molecule has 25 heavy (non-hydrogen) atoms. The first-order valence-corrected chi connectivity index (χ1v) is 7.69. The van der Waals surface area contributed by atoms with Crippen molar-refractivity contribution in [2.75, 3.05) is 7.11 Å². The van der Waals surface area contributed by atoms with E-state index in [0.717, 1.165) is 12.0 Å². The highest BCUT2D eigenvalue weighted by atomic mass is 16.7. The van der Waals surface area contributed by atoms with Crippen molar-refractivity contribution in [1.29, 1.82) is 0 Å². The van der Waals surface area contributed by atoms with Gasteiger partial charge in [0.1, 0.15) is 23.3 Å². The molecule has 0 fully saturated rings. The number of aryl methyl sites for hydroxylation is 1. The zero-order valence-electron chi connectivity index (χ0n) is 13.8. The van der Waals surface area contributed by atoms with E-state index >= 15 is 0 Å². The summed E-state index contributed by atoms with van der Waals surface area (Å²) in [5.41, 5.74) is 0.961. The molecule has 0 atom stereocenters. The van der Waals surface area contributed by atoms with Gasteiger partial charge in [0, 0.05) is 6.07 Å². The third-order valence-corrected chi connectivity index (χ3v) is 3.66. The molecule has 3 rings (SSSR count). The molecule has 1 heterocycles. The van der Waals surface area contributed by atoms with Gasteiger partial charge in [0.2, 0.25) is 11.2 Å². The second-order valence-electron chi connectivity index (χ2n) is 5.21. The summed E-state index contributed by atoms with van der Waals surface area (Å²) in [7, 11) is 1.21. The smallest absolute Gasteiger partial charge is 0.460 e. The van der Waals surface area contributed by atoms with Crippen LogP contribution in [-0.4, -0.2) is 13.3 Å². The molecule has 0 bridgehead atoms. The van der Waals surface area contributed by atoms with E-state index in [9.17, 15) is 9.59 Å². The summed E-state index contributed by atoms with van der Waals surface area (Å²) in [5, 5.41) is 0.323. The van der Waals surface area contributed by atoms with Crippen LogP contribution in [0.5, 0.6) is 17.2 Å². The standard InChI is InChI=1S/C19H16O6/c1-3-12-6-4-5-7-15(12)25-17-11-23-16-10-13(24-19(21)22-2)8-9-14(16)18(17)20/h4-11H,3H2,1-2H3. The van der Waals surface area contributed by atoms with Crippen molar-refractivity contribution in [2.24, 2.45) is 0 Å². The van der Waals surface area contributed by atoms with Gasteiger partial charge in [-0.3, -0.25) is 4.79 Å². The summed E-state index contributed by atoms with van der Waals surface area (Å²) in [6.45, 7) is 2.01. The normalized spacial score (nSPS) is 10.5. The number of carbonyl (C=O) groups excluding carboxylic acids is 1. The highest BCUT2D eigenvalue weighted by Crippen LogP contribution is 2.26. The van der Waals surface area contributed by atoms with Crippen LogP contribution < -0.4 is 14.9 Å². The Bertz CT molecular complexity index is 973. The second kappa shape index (κ2) is 7.09. The Morgan fingerprint density at radius 1 is 1.12 bits per heavy atom. The lowest BCUT2D eigenvalue weighted by atomic mass is 10.1. The summed E-state index contributed by atoms with van der Waals surface area (Å²) in [5.74, 6) is 0.921.